The van der Waals surface area contributed by atoms with E-state index in [-0.39, 0.29) is 5.91 Å². The van der Waals surface area contributed by atoms with Crippen LogP contribution in [0.2, 0.25) is 0 Å². The summed E-state index contributed by atoms with van der Waals surface area (Å²) in [6, 6.07) is 12.9. The van der Waals surface area contributed by atoms with E-state index >= 15 is 0 Å². The molecule has 5 nitrogen and oxygen atoms in total. The molecule has 0 saturated heterocycles. The Bertz CT molecular complexity index is 876. The highest BCUT2D eigenvalue weighted by molar-refractivity contribution is 7.18. The summed E-state index contributed by atoms with van der Waals surface area (Å²) >= 11 is 1.61. The number of benzene rings is 2. The standard InChI is InChI=1S/C19H20N2O3S/c1-3-23-10-11-24-17-7-5-4-6-15(17)19(22)21-14-8-9-16-18(12-14)25-13(2)20-16/h4-9,12H,3,10-11H2,1-2H3,(H,21,22). The van der Waals surface area contributed by atoms with Crippen LogP contribution < -0.4 is 10.1 Å². The fraction of sp³-hybridized carbons (Fsp3) is 0.263. The first-order chi connectivity index (χ1) is 12.2. The Balaban J connectivity index is 1.73. The third-order valence-electron chi connectivity index (χ3n) is 3.57. The van der Waals surface area contributed by atoms with Gasteiger partial charge in [0.25, 0.3) is 5.91 Å². The zero-order valence-corrected chi connectivity index (χ0v) is 15.1. The number of nitrogens with zero attached hydrogens (tertiary/aromatic N) is 1. The van der Waals surface area contributed by atoms with Crippen LogP contribution in [0.1, 0.15) is 22.3 Å². The Morgan fingerprint density at radius 1 is 1.20 bits per heavy atom. The normalized spacial score (nSPS) is 10.8. The van der Waals surface area contributed by atoms with Gasteiger partial charge in [0.15, 0.2) is 0 Å². The average Bonchev–Trinajstić information content (AvgIpc) is 2.98. The second-order valence-electron chi connectivity index (χ2n) is 5.41. The van der Waals surface area contributed by atoms with E-state index in [1.807, 2.05) is 44.2 Å². The van der Waals surface area contributed by atoms with Crippen LogP contribution in [0.15, 0.2) is 42.5 Å². The van der Waals surface area contributed by atoms with E-state index < -0.39 is 0 Å². The molecular formula is C19H20N2O3S. The van der Waals surface area contributed by atoms with Gasteiger partial charge in [-0.3, -0.25) is 4.79 Å². The minimum absolute atomic E-state index is 0.201. The van der Waals surface area contributed by atoms with Crippen LogP contribution in [0.25, 0.3) is 10.2 Å². The molecule has 0 fully saturated rings. The lowest BCUT2D eigenvalue weighted by atomic mass is 10.2. The quantitative estimate of drug-likeness (QED) is 0.642. The number of aryl methyl sites for hydroxylation is 1. The highest BCUT2D eigenvalue weighted by Gasteiger charge is 2.13. The zero-order chi connectivity index (χ0) is 17.6. The number of carbonyl (C=O) groups excluding carboxylic acids is 1. The maximum atomic E-state index is 12.6. The molecule has 0 atom stereocenters. The molecule has 0 aliphatic heterocycles. The van der Waals surface area contributed by atoms with Gasteiger partial charge < -0.3 is 14.8 Å². The molecule has 1 aromatic heterocycles. The maximum Gasteiger partial charge on any atom is 0.259 e. The Morgan fingerprint density at radius 3 is 2.88 bits per heavy atom. The molecule has 3 rings (SSSR count). The molecule has 0 radical (unpaired) electrons. The molecule has 1 heterocycles. The van der Waals surface area contributed by atoms with Crippen molar-refractivity contribution in [1.29, 1.82) is 0 Å². The minimum Gasteiger partial charge on any atom is -0.490 e. The summed E-state index contributed by atoms with van der Waals surface area (Å²) in [4.78, 5) is 17.1. The summed E-state index contributed by atoms with van der Waals surface area (Å²) in [7, 11) is 0. The number of anilines is 1. The van der Waals surface area contributed by atoms with Crippen molar-refractivity contribution in [3.63, 3.8) is 0 Å². The summed E-state index contributed by atoms with van der Waals surface area (Å²) in [5.41, 5.74) is 2.19. The number of thiazole rings is 1. The summed E-state index contributed by atoms with van der Waals surface area (Å²) < 4.78 is 12.0. The third kappa shape index (κ3) is 4.35. The lowest BCUT2D eigenvalue weighted by Gasteiger charge is -2.11. The van der Waals surface area contributed by atoms with E-state index in [9.17, 15) is 4.79 Å². The van der Waals surface area contributed by atoms with E-state index in [2.05, 4.69) is 10.3 Å². The van der Waals surface area contributed by atoms with Crippen molar-refractivity contribution >= 4 is 33.1 Å². The SMILES string of the molecule is CCOCCOc1ccccc1C(=O)Nc1ccc2nc(C)sc2c1. The van der Waals surface area contributed by atoms with Gasteiger partial charge >= 0.3 is 0 Å². The zero-order valence-electron chi connectivity index (χ0n) is 14.2. The monoisotopic (exact) mass is 356 g/mol. The van der Waals surface area contributed by atoms with Crippen molar-refractivity contribution in [3.8, 4) is 5.75 Å². The van der Waals surface area contributed by atoms with E-state index in [4.69, 9.17) is 9.47 Å². The largest absolute Gasteiger partial charge is 0.490 e. The van der Waals surface area contributed by atoms with E-state index in [0.29, 0.717) is 31.1 Å². The summed E-state index contributed by atoms with van der Waals surface area (Å²) in [5, 5.41) is 3.94. The number of fused-ring (bicyclic) bond motifs is 1. The lowest BCUT2D eigenvalue weighted by molar-refractivity contribution is 0.0998. The van der Waals surface area contributed by atoms with Gasteiger partial charge in [0.1, 0.15) is 12.4 Å². The molecule has 0 unspecified atom stereocenters. The number of carbonyl (C=O) groups is 1. The number of amides is 1. The summed E-state index contributed by atoms with van der Waals surface area (Å²) in [6.07, 6.45) is 0. The molecule has 6 heteroatoms. The number of nitrogens with one attached hydrogen (secondary N) is 1. The van der Waals surface area contributed by atoms with Gasteiger partial charge in [-0.25, -0.2) is 4.98 Å². The first-order valence-corrected chi connectivity index (χ1v) is 8.97. The van der Waals surface area contributed by atoms with Gasteiger partial charge in [-0.15, -0.1) is 11.3 Å². The Kier molecular flexibility index (Phi) is 5.63. The molecule has 0 bridgehead atoms. The lowest BCUT2D eigenvalue weighted by Crippen LogP contribution is -2.15. The maximum absolute atomic E-state index is 12.6. The van der Waals surface area contributed by atoms with Crippen LogP contribution in [0.5, 0.6) is 5.75 Å². The van der Waals surface area contributed by atoms with Crippen molar-refractivity contribution in [2.45, 2.75) is 13.8 Å². The second kappa shape index (κ2) is 8.09. The summed E-state index contributed by atoms with van der Waals surface area (Å²) in [5.74, 6) is 0.349. The van der Waals surface area contributed by atoms with Crippen molar-refractivity contribution in [1.82, 2.24) is 4.98 Å². The van der Waals surface area contributed by atoms with Gasteiger partial charge in [0.05, 0.1) is 27.4 Å². The predicted molar refractivity (Wildman–Crippen MR) is 101 cm³/mol. The van der Waals surface area contributed by atoms with Gasteiger partial charge in [0, 0.05) is 12.3 Å². The van der Waals surface area contributed by atoms with Crippen LogP contribution in [-0.2, 0) is 4.74 Å². The second-order valence-corrected chi connectivity index (χ2v) is 6.65. The highest BCUT2D eigenvalue weighted by atomic mass is 32.1. The number of hydrogen-bond acceptors (Lipinski definition) is 5. The number of ether oxygens (including phenoxy) is 2. The number of para-hydroxylation sites is 1. The van der Waals surface area contributed by atoms with Crippen molar-refractivity contribution in [3.05, 3.63) is 53.0 Å². The van der Waals surface area contributed by atoms with E-state index in [1.165, 1.54) is 0 Å². The molecule has 130 valence electrons. The minimum atomic E-state index is -0.201. The molecule has 0 spiro atoms. The number of hydrogen-bond donors (Lipinski definition) is 1. The molecule has 2 aromatic carbocycles. The van der Waals surface area contributed by atoms with Crippen LogP contribution in [0.4, 0.5) is 5.69 Å². The summed E-state index contributed by atoms with van der Waals surface area (Å²) in [6.45, 7) is 5.45. The topological polar surface area (TPSA) is 60.5 Å². The average molecular weight is 356 g/mol. The molecule has 0 saturated carbocycles. The van der Waals surface area contributed by atoms with Crippen LogP contribution >= 0.6 is 11.3 Å². The highest BCUT2D eigenvalue weighted by Crippen LogP contribution is 2.26. The molecule has 1 amide bonds. The first kappa shape index (κ1) is 17.4. The fourth-order valence-electron chi connectivity index (χ4n) is 2.45. The molecule has 25 heavy (non-hydrogen) atoms. The van der Waals surface area contributed by atoms with Crippen LogP contribution in [0.3, 0.4) is 0 Å². The Morgan fingerprint density at radius 2 is 2.04 bits per heavy atom. The van der Waals surface area contributed by atoms with Gasteiger partial charge in [0.2, 0.25) is 0 Å². The number of aromatic nitrogens is 1. The van der Waals surface area contributed by atoms with Gasteiger partial charge in [-0.1, -0.05) is 12.1 Å². The Labute approximate surface area is 150 Å². The molecule has 3 aromatic rings. The van der Waals surface area contributed by atoms with Crippen LogP contribution in [-0.4, -0.2) is 30.7 Å². The molecule has 1 N–H and O–H groups in total. The van der Waals surface area contributed by atoms with Crippen LogP contribution in [0, 0.1) is 6.92 Å². The molecular weight excluding hydrogens is 336 g/mol. The van der Waals surface area contributed by atoms with Crippen molar-refractivity contribution in [2.24, 2.45) is 0 Å². The van der Waals surface area contributed by atoms with Crippen molar-refractivity contribution in [2.75, 3.05) is 25.1 Å². The first-order valence-electron chi connectivity index (χ1n) is 8.15. The van der Waals surface area contributed by atoms with Gasteiger partial charge in [-0.2, -0.15) is 0 Å². The molecule has 0 aliphatic rings. The molecule has 0 aliphatic carbocycles. The van der Waals surface area contributed by atoms with Crippen molar-refractivity contribution < 1.29 is 14.3 Å². The third-order valence-corrected chi connectivity index (χ3v) is 4.51. The Hall–Kier alpha value is -2.44. The van der Waals surface area contributed by atoms with E-state index in [0.717, 1.165) is 20.9 Å². The van der Waals surface area contributed by atoms with Gasteiger partial charge in [-0.05, 0) is 44.2 Å². The fourth-order valence-corrected chi connectivity index (χ4v) is 3.32. The predicted octanol–water partition coefficient (Wildman–Crippen LogP) is 4.27. The number of rotatable bonds is 7. The smallest absolute Gasteiger partial charge is 0.259 e. The van der Waals surface area contributed by atoms with E-state index in [1.54, 1.807) is 23.5 Å².